The average molecular weight is 206 g/mol. The minimum Gasteiger partial charge on any atom is -0.389 e. The maximum absolute atomic E-state index is 10.4. The lowest BCUT2D eigenvalue weighted by atomic mass is 9.86. The standard InChI is InChI=1S/C12H18N2O/c1-9-3-2-5-12(9,15)8-10-4-6-14-11(13)7-10/h4,6-7,9,15H,2-3,5,8H2,1H3,(H2,13,14). The van der Waals surface area contributed by atoms with Gasteiger partial charge in [0.15, 0.2) is 0 Å². The summed E-state index contributed by atoms with van der Waals surface area (Å²) >= 11 is 0. The first kappa shape index (κ1) is 10.4. The molecule has 0 saturated heterocycles. The highest BCUT2D eigenvalue weighted by Crippen LogP contribution is 2.37. The van der Waals surface area contributed by atoms with E-state index in [4.69, 9.17) is 5.73 Å². The third kappa shape index (κ3) is 2.12. The summed E-state index contributed by atoms with van der Waals surface area (Å²) in [5.41, 5.74) is 6.17. The van der Waals surface area contributed by atoms with Crippen molar-refractivity contribution >= 4 is 5.82 Å². The maximum atomic E-state index is 10.4. The number of pyridine rings is 1. The van der Waals surface area contributed by atoms with Crippen molar-refractivity contribution in [3.8, 4) is 0 Å². The molecule has 15 heavy (non-hydrogen) atoms. The largest absolute Gasteiger partial charge is 0.389 e. The quantitative estimate of drug-likeness (QED) is 0.775. The van der Waals surface area contributed by atoms with Crippen LogP contribution in [0, 0.1) is 5.92 Å². The van der Waals surface area contributed by atoms with Gasteiger partial charge in [0.1, 0.15) is 5.82 Å². The molecule has 1 aromatic rings. The number of rotatable bonds is 2. The predicted molar refractivity (Wildman–Crippen MR) is 60.3 cm³/mol. The zero-order valence-electron chi connectivity index (χ0n) is 9.11. The maximum Gasteiger partial charge on any atom is 0.123 e. The molecule has 2 atom stereocenters. The van der Waals surface area contributed by atoms with Crippen LogP contribution in [0.15, 0.2) is 18.3 Å². The lowest BCUT2D eigenvalue weighted by molar-refractivity contribution is 0.00960. The van der Waals surface area contributed by atoms with Gasteiger partial charge in [0.25, 0.3) is 0 Å². The minimum atomic E-state index is -0.534. The highest BCUT2D eigenvalue weighted by molar-refractivity contribution is 5.32. The third-order valence-electron chi connectivity index (χ3n) is 3.52. The number of nitrogens with two attached hydrogens (primary N) is 1. The van der Waals surface area contributed by atoms with Crippen molar-refractivity contribution in [2.75, 3.05) is 5.73 Å². The van der Waals surface area contributed by atoms with Gasteiger partial charge in [-0.15, -0.1) is 0 Å². The van der Waals surface area contributed by atoms with Crippen molar-refractivity contribution in [3.63, 3.8) is 0 Å². The number of aromatic nitrogens is 1. The van der Waals surface area contributed by atoms with Gasteiger partial charge in [0.05, 0.1) is 5.60 Å². The Bertz CT molecular complexity index is 353. The van der Waals surface area contributed by atoms with E-state index < -0.39 is 5.60 Å². The SMILES string of the molecule is CC1CCCC1(O)Cc1ccnc(N)c1. The van der Waals surface area contributed by atoms with Crippen LogP contribution in [0.2, 0.25) is 0 Å². The Morgan fingerprint density at radius 2 is 2.47 bits per heavy atom. The van der Waals surface area contributed by atoms with E-state index in [-0.39, 0.29) is 0 Å². The van der Waals surface area contributed by atoms with E-state index in [1.54, 1.807) is 6.20 Å². The fraction of sp³-hybridized carbons (Fsp3) is 0.583. The molecule has 3 heteroatoms. The molecule has 1 aliphatic carbocycles. The number of aliphatic hydroxyl groups is 1. The number of hydrogen-bond acceptors (Lipinski definition) is 3. The normalized spacial score (nSPS) is 30.7. The number of hydrogen-bond donors (Lipinski definition) is 2. The van der Waals surface area contributed by atoms with Crippen LogP contribution in [-0.2, 0) is 6.42 Å². The van der Waals surface area contributed by atoms with Crippen LogP contribution in [0.3, 0.4) is 0 Å². The predicted octanol–water partition coefficient (Wildman–Crippen LogP) is 1.76. The Labute approximate surface area is 90.3 Å². The van der Waals surface area contributed by atoms with Gasteiger partial charge in [-0.3, -0.25) is 0 Å². The molecular weight excluding hydrogens is 188 g/mol. The Hall–Kier alpha value is -1.09. The summed E-state index contributed by atoms with van der Waals surface area (Å²) in [5, 5.41) is 10.4. The van der Waals surface area contributed by atoms with Crippen LogP contribution in [0.5, 0.6) is 0 Å². The molecule has 0 aliphatic heterocycles. The summed E-state index contributed by atoms with van der Waals surface area (Å²) in [6.07, 6.45) is 5.54. The zero-order chi connectivity index (χ0) is 10.9. The molecule has 1 fully saturated rings. The lowest BCUT2D eigenvalue weighted by Gasteiger charge is -2.27. The molecule has 3 N–H and O–H groups in total. The molecule has 1 aliphatic rings. The van der Waals surface area contributed by atoms with E-state index in [2.05, 4.69) is 11.9 Å². The first-order valence-electron chi connectivity index (χ1n) is 5.53. The van der Waals surface area contributed by atoms with Gasteiger partial charge in [-0.25, -0.2) is 4.98 Å². The summed E-state index contributed by atoms with van der Waals surface area (Å²) in [5.74, 6) is 0.911. The van der Waals surface area contributed by atoms with E-state index in [1.807, 2.05) is 12.1 Å². The van der Waals surface area contributed by atoms with Gasteiger partial charge in [-0.1, -0.05) is 13.3 Å². The van der Waals surface area contributed by atoms with Crippen LogP contribution >= 0.6 is 0 Å². The van der Waals surface area contributed by atoms with Crippen molar-refractivity contribution in [1.82, 2.24) is 4.98 Å². The molecule has 0 radical (unpaired) electrons. The van der Waals surface area contributed by atoms with Crippen molar-refractivity contribution in [2.24, 2.45) is 5.92 Å². The zero-order valence-corrected chi connectivity index (χ0v) is 9.11. The lowest BCUT2D eigenvalue weighted by Crippen LogP contribution is -2.34. The fourth-order valence-electron chi connectivity index (χ4n) is 2.45. The van der Waals surface area contributed by atoms with Crippen LogP contribution in [0.4, 0.5) is 5.82 Å². The molecular formula is C12H18N2O. The van der Waals surface area contributed by atoms with Crippen molar-refractivity contribution in [2.45, 2.75) is 38.2 Å². The first-order chi connectivity index (χ1) is 7.10. The number of anilines is 1. The highest BCUT2D eigenvalue weighted by Gasteiger charge is 2.37. The van der Waals surface area contributed by atoms with Gasteiger partial charge < -0.3 is 10.8 Å². The van der Waals surface area contributed by atoms with Gasteiger partial charge >= 0.3 is 0 Å². The molecule has 2 unspecified atom stereocenters. The second-order valence-electron chi connectivity index (χ2n) is 4.66. The molecule has 0 spiro atoms. The monoisotopic (exact) mass is 206 g/mol. The van der Waals surface area contributed by atoms with Crippen molar-refractivity contribution in [1.29, 1.82) is 0 Å². The van der Waals surface area contributed by atoms with E-state index in [1.165, 1.54) is 0 Å². The van der Waals surface area contributed by atoms with E-state index in [0.29, 0.717) is 18.2 Å². The average Bonchev–Trinajstić information content (AvgIpc) is 2.47. The van der Waals surface area contributed by atoms with Gasteiger partial charge in [0.2, 0.25) is 0 Å². The molecule has 3 nitrogen and oxygen atoms in total. The van der Waals surface area contributed by atoms with Crippen molar-refractivity contribution in [3.05, 3.63) is 23.9 Å². The summed E-state index contributed by atoms with van der Waals surface area (Å²) < 4.78 is 0. The molecule has 1 saturated carbocycles. The van der Waals surface area contributed by atoms with Crippen LogP contribution in [0.25, 0.3) is 0 Å². The number of nitrogen functional groups attached to an aromatic ring is 1. The molecule has 0 amide bonds. The van der Waals surface area contributed by atoms with Gasteiger partial charge in [-0.2, -0.15) is 0 Å². The van der Waals surface area contributed by atoms with Crippen LogP contribution in [0.1, 0.15) is 31.7 Å². The molecule has 82 valence electrons. The molecule has 0 aromatic carbocycles. The second kappa shape index (κ2) is 3.81. The minimum absolute atomic E-state index is 0.381. The molecule has 2 rings (SSSR count). The summed E-state index contributed by atoms with van der Waals surface area (Å²) in [4.78, 5) is 3.95. The number of nitrogens with zero attached hydrogens (tertiary/aromatic N) is 1. The Morgan fingerprint density at radius 3 is 3.07 bits per heavy atom. The smallest absolute Gasteiger partial charge is 0.123 e. The van der Waals surface area contributed by atoms with Gasteiger partial charge in [0, 0.05) is 12.6 Å². The van der Waals surface area contributed by atoms with Crippen LogP contribution in [-0.4, -0.2) is 15.7 Å². The summed E-state index contributed by atoms with van der Waals surface area (Å²) in [7, 11) is 0. The Morgan fingerprint density at radius 1 is 1.67 bits per heavy atom. The van der Waals surface area contributed by atoms with E-state index >= 15 is 0 Å². The highest BCUT2D eigenvalue weighted by atomic mass is 16.3. The third-order valence-corrected chi connectivity index (χ3v) is 3.52. The topological polar surface area (TPSA) is 59.1 Å². The van der Waals surface area contributed by atoms with E-state index in [9.17, 15) is 5.11 Å². The molecule has 1 heterocycles. The summed E-state index contributed by atoms with van der Waals surface area (Å²) in [6, 6.07) is 3.78. The second-order valence-corrected chi connectivity index (χ2v) is 4.66. The van der Waals surface area contributed by atoms with E-state index in [0.717, 1.165) is 24.8 Å². The summed E-state index contributed by atoms with van der Waals surface area (Å²) in [6.45, 7) is 2.12. The Kier molecular flexibility index (Phi) is 2.65. The first-order valence-corrected chi connectivity index (χ1v) is 5.53. The Balaban J connectivity index is 2.14. The van der Waals surface area contributed by atoms with Crippen molar-refractivity contribution < 1.29 is 5.11 Å². The molecule has 0 bridgehead atoms. The van der Waals surface area contributed by atoms with Crippen LogP contribution < -0.4 is 5.73 Å². The molecule has 1 aromatic heterocycles. The van der Waals surface area contributed by atoms with Gasteiger partial charge in [-0.05, 0) is 36.5 Å². The fourth-order valence-corrected chi connectivity index (χ4v) is 2.45.